The molecular weight excluding hydrogens is 418 g/mol. The summed E-state index contributed by atoms with van der Waals surface area (Å²) in [4.78, 5) is 12.5. The Morgan fingerprint density at radius 1 is 0.938 bits per heavy atom. The predicted molar refractivity (Wildman–Crippen MR) is 131 cm³/mol. The average molecular weight is 438 g/mol. The van der Waals surface area contributed by atoms with Crippen molar-refractivity contribution in [2.24, 2.45) is 5.73 Å². The highest BCUT2D eigenvalue weighted by Gasteiger charge is 2.14. The molecule has 0 aliphatic rings. The van der Waals surface area contributed by atoms with E-state index in [1.807, 2.05) is 18.6 Å². The lowest BCUT2D eigenvalue weighted by molar-refractivity contribution is 0.966. The van der Waals surface area contributed by atoms with Gasteiger partial charge in [-0.25, -0.2) is 4.98 Å². The van der Waals surface area contributed by atoms with Crippen molar-refractivity contribution >= 4 is 44.4 Å². The number of halogens is 1. The van der Waals surface area contributed by atoms with Crippen LogP contribution in [0.5, 0.6) is 0 Å². The maximum absolute atomic E-state index is 6.71. The fraction of sp³-hybridized carbons (Fsp3) is 0.0769. The van der Waals surface area contributed by atoms with E-state index in [-0.39, 0.29) is 0 Å². The average Bonchev–Trinajstić information content (AvgIpc) is 3.46. The van der Waals surface area contributed by atoms with Gasteiger partial charge in [0, 0.05) is 28.4 Å². The van der Waals surface area contributed by atoms with Gasteiger partial charge in [-0.2, -0.15) is 0 Å². The van der Waals surface area contributed by atoms with Crippen LogP contribution < -0.4 is 5.73 Å². The molecule has 0 saturated carbocycles. The van der Waals surface area contributed by atoms with Crippen molar-refractivity contribution in [2.75, 3.05) is 6.54 Å². The summed E-state index contributed by atoms with van der Waals surface area (Å²) in [5.74, 6) is 0. The van der Waals surface area contributed by atoms with Crippen molar-refractivity contribution < 1.29 is 0 Å². The molecule has 3 N–H and O–H groups in total. The third-order valence-corrected chi connectivity index (χ3v) is 6.29. The van der Waals surface area contributed by atoms with Gasteiger partial charge in [0.25, 0.3) is 0 Å². The standard InChI is InChI=1S/C26H20ClN5/c27-22-13-24-21(12-20(22)17-3-6-23-18(11-17)8-10-29-23)26-25(14-30-24)31-15-32(26)19-4-1-16(2-5-19)7-9-28/h1-6,8,10-15,29H,7,9,28H2. The van der Waals surface area contributed by atoms with Gasteiger partial charge in [-0.15, -0.1) is 0 Å². The lowest BCUT2D eigenvalue weighted by Gasteiger charge is -2.11. The molecule has 0 amide bonds. The smallest absolute Gasteiger partial charge is 0.108 e. The number of nitrogens with one attached hydrogen (secondary N) is 1. The molecule has 0 spiro atoms. The Kier molecular flexibility index (Phi) is 4.45. The molecule has 0 aliphatic carbocycles. The number of hydrogen-bond donors (Lipinski definition) is 2. The van der Waals surface area contributed by atoms with Crippen molar-refractivity contribution in [1.29, 1.82) is 0 Å². The van der Waals surface area contributed by atoms with Gasteiger partial charge in [0.2, 0.25) is 0 Å². The zero-order valence-corrected chi connectivity index (χ0v) is 18.0. The Morgan fingerprint density at radius 2 is 1.81 bits per heavy atom. The highest BCUT2D eigenvalue weighted by atomic mass is 35.5. The number of imidazole rings is 1. The number of aromatic nitrogens is 4. The molecular formula is C26H20ClN5. The van der Waals surface area contributed by atoms with Crippen molar-refractivity contribution in [1.82, 2.24) is 19.5 Å². The molecule has 0 aliphatic heterocycles. The molecule has 6 aromatic rings. The fourth-order valence-corrected chi connectivity index (χ4v) is 4.61. The van der Waals surface area contributed by atoms with Gasteiger partial charge in [-0.3, -0.25) is 9.55 Å². The third-order valence-electron chi connectivity index (χ3n) is 5.97. The Hall–Kier alpha value is -3.67. The number of hydrogen-bond acceptors (Lipinski definition) is 3. The van der Waals surface area contributed by atoms with E-state index in [2.05, 4.69) is 74.1 Å². The molecule has 156 valence electrons. The number of fused-ring (bicyclic) bond motifs is 4. The predicted octanol–water partition coefficient (Wildman–Crippen LogP) is 5.88. The first kappa shape index (κ1) is 19.0. The van der Waals surface area contributed by atoms with Crippen LogP contribution in [0, 0.1) is 0 Å². The van der Waals surface area contributed by atoms with E-state index >= 15 is 0 Å². The number of nitrogens with two attached hydrogens (primary N) is 1. The van der Waals surface area contributed by atoms with Crippen LogP contribution in [-0.4, -0.2) is 26.1 Å². The summed E-state index contributed by atoms with van der Waals surface area (Å²) in [6.45, 7) is 0.641. The van der Waals surface area contributed by atoms with Gasteiger partial charge in [0.15, 0.2) is 0 Å². The van der Waals surface area contributed by atoms with Gasteiger partial charge in [-0.05, 0) is 71.9 Å². The Labute approximate surface area is 189 Å². The first-order valence-electron chi connectivity index (χ1n) is 10.5. The molecule has 5 nitrogen and oxygen atoms in total. The molecule has 0 saturated heterocycles. The Morgan fingerprint density at radius 3 is 2.66 bits per heavy atom. The van der Waals surface area contributed by atoms with E-state index in [4.69, 9.17) is 17.3 Å². The molecule has 32 heavy (non-hydrogen) atoms. The normalized spacial score (nSPS) is 11.7. The van der Waals surface area contributed by atoms with Crippen molar-refractivity contribution in [2.45, 2.75) is 6.42 Å². The van der Waals surface area contributed by atoms with Crippen molar-refractivity contribution in [3.63, 3.8) is 0 Å². The fourth-order valence-electron chi connectivity index (χ4n) is 4.34. The summed E-state index contributed by atoms with van der Waals surface area (Å²) in [5.41, 5.74) is 13.8. The minimum absolute atomic E-state index is 0.641. The van der Waals surface area contributed by atoms with Crippen molar-refractivity contribution in [3.8, 4) is 16.8 Å². The Bertz CT molecular complexity index is 1590. The van der Waals surface area contributed by atoms with E-state index in [0.717, 1.165) is 56.1 Å². The van der Waals surface area contributed by atoms with Crippen LogP contribution in [0.4, 0.5) is 0 Å². The van der Waals surface area contributed by atoms with Crippen LogP contribution >= 0.6 is 11.6 Å². The summed E-state index contributed by atoms with van der Waals surface area (Å²) < 4.78 is 2.11. The van der Waals surface area contributed by atoms with Gasteiger partial charge in [0.05, 0.1) is 22.3 Å². The van der Waals surface area contributed by atoms with Crippen LogP contribution in [0.1, 0.15) is 5.56 Å². The number of nitrogens with zero attached hydrogens (tertiary/aromatic N) is 3. The molecule has 6 heteroatoms. The molecule has 3 aromatic carbocycles. The van der Waals surface area contributed by atoms with Gasteiger partial charge in [0.1, 0.15) is 11.8 Å². The first-order valence-corrected chi connectivity index (χ1v) is 10.9. The maximum Gasteiger partial charge on any atom is 0.108 e. The summed E-state index contributed by atoms with van der Waals surface area (Å²) in [6.07, 6.45) is 6.47. The SMILES string of the molecule is NCCc1ccc(-n2cnc3cnc4cc(Cl)c(-c5ccc6[nH]ccc6c5)cc4c32)cc1. The molecule has 3 aromatic heterocycles. The van der Waals surface area contributed by atoms with E-state index in [9.17, 15) is 0 Å². The second kappa shape index (κ2) is 7.48. The topological polar surface area (TPSA) is 72.5 Å². The monoisotopic (exact) mass is 437 g/mol. The minimum Gasteiger partial charge on any atom is -0.361 e. The van der Waals surface area contributed by atoms with E-state index < -0.39 is 0 Å². The maximum atomic E-state index is 6.71. The number of H-pyrrole nitrogens is 1. The molecule has 0 radical (unpaired) electrons. The van der Waals surface area contributed by atoms with E-state index in [1.54, 1.807) is 6.20 Å². The largest absolute Gasteiger partial charge is 0.361 e. The van der Waals surface area contributed by atoms with Gasteiger partial charge >= 0.3 is 0 Å². The Balaban J connectivity index is 1.57. The summed E-state index contributed by atoms with van der Waals surface area (Å²) in [7, 11) is 0. The molecule has 3 heterocycles. The molecule has 6 rings (SSSR count). The number of pyridine rings is 1. The molecule has 0 unspecified atom stereocenters. The number of aromatic amines is 1. The summed E-state index contributed by atoms with van der Waals surface area (Å²) in [5, 5.41) is 2.84. The van der Waals surface area contributed by atoms with Crippen LogP contribution in [0.2, 0.25) is 5.02 Å². The highest BCUT2D eigenvalue weighted by Crippen LogP contribution is 2.36. The van der Waals surface area contributed by atoms with Crippen LogP contribution in [0.15, 0.2) is 79.4 Å². The summed E-state index contributed by atoms with van der Waals surface area (Å²) in [6, 6.07) is 20.9. The first-order chi connectivity index (χ1) is 15.7. The summed E-state index contributed by atoms with van der Waals surface area (Å²) >= 11 is 6.71. The van der Waals surface area contributed by atoms with Crippen molar-refractivity contribution in [3.05, 3.63) is 90.0 Å². The zero-order valence-electron chi connectivity index (χ0n) is 17.2. The highest BCUT2D eigenvalue weighted by molar-refractivity contribution is 6.34. The van der Waals surface area contributed by atoms with Crippen LogP contribution in [0.3, 0.4) is 0 Å². The molecule has 0 atom stereocenters. The number of benzene rings is 3. The van der Waals surface area contributed by atoms with E-state index in [0.29, 0.717) is 11.6 Å². The molecule has 0 bridgehead atoms. The number of rotatable bonds is 4. The molecule has 0 fully saturated rings. The minimum atomic E-state index is 0.641. The second-order valence-electron chi connectivity index (χ2n) is 7.94. The lowest BCUT2D eigenvalue weighted by atomic mass is 10.0. The van der Waals surface area contributed by atoms with Crippen LogP contribution in [0.25, 0.3) is 49.7 Å². The van der Waals surface area contributed by atoms with Crippen LogP contribution in [-0.2, 0) is 6.42 Å². The quantitative estimate of drug-likeness (QED) is 0.362. The third kappa shape index (κ3) is 3.06. The lowest BCUT2D eigenvalue weighted by Crippen LogP contribution is -2.02. The van der Waals surface area contributed by atoms with Gasteiger partial charge < -0.3 is 10.7 Å². The zero-order chi connectivity index (χ0) is 21.7. The van der Waals surface area contributed by atoms with E-state index in [1.165, 1.54) is 5.56 Å². The van der Waals surface area contributed by atoms with Gasteiger partial charge in [-0.1, -0.05) is 29.8 Å². The second-order valence-corrected chi connectivity index (χ2v) is 8.35.